The third-order valence-electron chi connectivity index (χ3n) is 3.67. The van der Waals surface area contributed by atoms with E-state index in [9.17, 15) is 14.0 Å². The normalized spacial score (nSPS) is 10.6. The molecule has 0 atom stereocenters. The Labute approximate surface area is 166 Å². The maximum Gasteiger partial charge on any atom is 0.307 e. The van der Waals surface area contributed by atoms with Gasteiger partial charge in [0.2, 0.25) is 5.91 Å². The average Bonchev–Trinajstić information content (AvgIpc) is 2.57. The second-order valence-electron chi connectivity index (χ2n) is 5.94. The van der Waals surface area contributed by atoms with Crippen molar-refractivity contribution < 1.29 is 23.8 Å². The number of carbonyl (C=O) groups is 2. The molecule has 0 unspecified atom stereocenters. The zero-order valence-corrected chi connectivity index (χ0v) is 16.2. The lowest BCUT2D eigenvalue weighted by Gasteiger charge is -2.14. The van der Waals surface area contributed by atoms with E-state index in [0.29, 0.717) is 5.56 Å². The number of anilines is 1. The molecule has 144 valence electrons. The summed E-state index contributed by atoms with van der Waals surface area (Å²) in [5, 5.41) is 11.6. The first-order valence-corrected chi connectivity index (χ1v) is 8.88. The molecule has 0 aromatic heterocycles. The van der Waals surface area contributed by atoms with Crippen molar-refractivity contribution in [3.63, 3.8) is 0 Å². The Balaban J connectivity index is 2.24. The molecule has 5 nitrogen and oxygen atoms in total. The molecule has 27 heavy (non-hydrogen) atoms. The van der Waals surface area contributed by atoms with Gasteiger partial charge in [0.1, 0.15) is 6.61 Å². The van der Waals surface area contributed by atoms with E-state index in [1.807, 2.05) is 0 Å². The van der Waals surface area contributed by atoms with Crippen LogP contribution in [0.15, 0.2) is 24.3 Å². The molecule has 0 bridgehead atoms. The number of ether oxygens (including phenoxy) is 1. The molecule has 2 aromatic carbocycles. The molecule has 2 N–H and O–H groups in total. The third kappa shape index (κ3) is 5.58. The summed E-state index contributed by atoms with van der Waals surface area (Å²) in [4.78, 5) is 22.3. The average molecular weight is 414 g/mol. The maximum atomic E-state index is 14.6. The summed E-state index contributed by atoms with van der Waals surface area (Å²) in [6.45, 7) is 3.27. The number of rotatable bonds is 7. The predicted octanol–water partition coefficient (Wildman–Crippen LogP) is 5.00. The minimum atomic E-state index is -1.01. The number of benzene rings is 2. The molecule has 0 spiro atoms. The quantitative estimate of drug-likeness (QED) is 0.669. The molecule has 2 rings (SSSR count). The molecule has 0 aliphatic heterocycles. The van der Waals surface area contributed by atoms with Gasteiger partial charge in [0.15, 0.2) is 11.6 Å². The molecule has 0 heterocycles. The lowest BCUT2D eigenvalue weighted by Crippen LogP contribution is -2.12. The Morgan fingerprint density at radius 3 is 2.37 bits per heavy atom. The number of amides is 1. The van der Waals surface area contributed by atoms with Crippen molar-refractivity contribution in [2.45, 2.75) is 33.3 Å². The Bertz CT molecular complexity index is 863. The Hall–Kier alpha value is -2.31. The monoisotopic (exact) mass is 413 g/mol. The molecular formula is C19H18Cl2FNO4. The van der Waals surface area contributed by atoms with Crippen LogP contribution < -0.4 is 10.1 Å². The van der Waals surface area contributed by atoms with Crippen molar-refractivity contribution in [3.05, 3.63) is 56.8 Å². The number of carboxylic acids is 1. The van der Waals surface area contributed by atoms with Crippen LogP contribution >= 0.6 is 23.2 Å². The number of carbonyl (C=O) groups excluding carboxylic acids is 1. The first-order chi connectivity index (χ1) is 12.7. The minimum Gasteiger partial charge on any atom is -0.486 e. The molecule has 0 aliphatic carbocycles. The lowest BCUT2D eigenvalue weighted by atomic mass is 10.1. The molecule has 0 saturated carbocycles. The predicted molar refractivity (Wildman–Crippen MR) is 102 cm³/mol. The topological polar surface area (TPSA) is 75.6 Å². The van der Waals surface area contributed by atoms with Crippen LogP contribution in [-0.4, -0.2) is 17.0 Å². The second kappa shape index (κ2) is 9.06. The van der Waals surface area contributed by atoms with E-state index < -0.39 is 11.8 Å². The summed E-state index contributed by atoms with van der Waals surface area (Å²) in [6.07, 6.45) is -0.000161. The molecule has 8 heteroatoms. The van der Waals surface area contributed by atoms with Gasteiger partial charge in [-0.2, -0.15) is 0 Å². The number of hydrogen-bond donors (Lipinski definition) is 2. The Kier molecular flexibility index (Phi) is 7.05. The van der Waals surface area contributed by atoms with Crippen LogP contribution in [0.3, 0.4) is 0 Å². The Morgan fingerprint density at radius 1 is 1.19 bits per heavy atom. The zero-order valence-electron chi connectivity index (χ0n) is 14.7. The number of halogens is 3. The molecule has 0 saturated heterocycles. The summed E-state index contributed by atoms with van der Waals surface area (Å²) in [5.41, 5.74) is 1.48. The molecule has 2 aromatic rings. The van der Waals surface area contributed by atoms with E-state index in [2.05, 4.69) is 5.32 Å². The van der Waals surface area contributed by atoms with Gasteiger partial charge in [0, 0.05) is 12.0 Å². The number of aryl methyl sites for hydroxylation is 1. The highest BCUT2D eigenvalue weighted by atomic mass is 35.5. The molecular weight excluding hydrogens is 396 g/mol. The highest BCUT2D eigenvalue weighted by Gasteiger charge is 2.15. The maximum absolute atomic E-state index is 14.6. The molecule has 0 aliphatic rings. The van der Waals surface area contributed by atoms with Gasteiger partial charge < -0.3 is 15.2 Å². The van der Waals surface area contributed by atoms with Crippen LogP contribution in [0.4, 0.5) is 10.1 Å². The van der Waals surface area contributed by atoms with Crippen molar-refractivity contribution in [1.29, 1.82) is 0 Å². The van der Waals surface area contributed by atoms with Crippen LogP contribution in [0, 0.1) is 12.7 Å². The summed E-state index contributed by atoms with van der Waals surface area (Å²) < 4.78 is 20.2. The summed E-state index contributed by atoms with van der Waals surface area (Å²) >= 11 is 12.2. The van der Waals surface area contributed by atoms with E-state index in [0.717, 1.165) is 5.56 Å². The highest BCUT2D eigenvalue weighted by Crippen LogP contribution is 2.35. The van der Waals surface area contributed by atoms with Crippen molar-refractivity contribution in [1.82, 2.24) is 0 Å². The van der Waals surface area contributed by atoms with Gasteiger partial charge in [0.25, 0.3) is 0 Å². The zero-order chi connectivity index (χ0) is 20.1. The lowest BCUT2D eigenvalue weighted by molar-refractivity contribution is -0.136. The Morgan fingerprint density at radius 2 is 1.81 bits per heavy atom. The third-order valence-corrected chi connectivity index (χ3v) is 4.23. The van der Waals surface area contributed by atoms with Gasteiger partial charge in [-0.1, -0.05) is 30.1 Å². The largest absolute Gasteiger partial charge is 0.486 e. The SMILES string of the molecule is CCC(=O)Nc1cc(C)cc(COc2c(Cl)cc(CC(=O)O)cc2Cl)c1F. The summed E-state index contributed by atoms with van der Waals surface area (Å²) in [7, 11) is 0. The minimum absolute atomic E-state index is 0.0782. The van der Waals surface area contributed by atoms with Crippen LogP contribution in [-0.2, 0) is 22.6 Å². The summed E-state index contributed by atoms with van der Waals surface area (Å²) in [5.74, 6) is -1.78. The molecule has 1 amide bonds. The van der Waals surface area contributed by atoms with E-state index in [1.165, 1.54) is 18.2 Å². The van der Waals surface area contributed by atoms with Crippen LogP contribution in [0.1, 0.15) is 30.0 Å². The highest BCUT2D eigenvalue weighted by molar-refractivity contribution is 6.37. The van der Waals surface area contributed by atoms with Crippen LogP contribution in [0.25, 0.3) is 0 Å². The number of nitrogens with one attached hydrogen (secondary N) is 1. The fraction of sp³-hybridized carbons (Fsp3) is 0.263. The number of aliphatic carboxylic acids is 1. The van der Waals surface area contributed by atoms with Crippen LogP contribution in [0.5, 0.6) is 5.75 Å². The van der Waals surface area contributed by atoms with Crippen molar-refractivity contribution in [2.75, 3.05) is 5.32 Å². The van der Waals surface area contributed by atoms with Gasteiger partial charge in [-0.15, -0.1) is 0 Å². The van der Waals surface area contributed by atoms with Gasteiger partial charge >= 0.3 is 5.97 Å². The van der Waals surface area contributed by atoms with Gasteiger partial charge in [-0.25, -0.2) is 4.39 Å². The second-order valence-corrected chi connectivity index (χ2v) is 6.75. The fourth-order valence-corrected chi connectivity index (χ4v) is 3.10. The van der Waals surface area contributed by atoms with Crippen molar-refractivity contribution in [2.24, 2.45) is 0 Å². The first kappa shape index (κ1) is 21.0. The van der Waals surface area contributed by atoms with E-state index in [4.69, 9.17) is 33.0 Å². The van der Waals surface area contributed by atoms with E-state index >= 15 is 0 Å². The first-order valence-electron chi connectivity index (χ1n) is 8.12. The van der Waals surface area contributed by atoms with Gasteiger partial charge in [-0.05, 0) is 42.3 Å². The van der Waals surface area contributed by atoms with Crippen molar-refractivity contribution >= 4 is 40.8 Å². The molecule has 0 fully saturated rings. The number of carboxylic acid groups (broad SMARTS) is 1. The summed E-state index contributed by atoms with van der Waals surface area (Å²) in [6, 6.07) is 6.01. The fourth-order valence-electron chi connectivity index (χ4n) is 2.46. The van der Waals surface area contributed by atoms with Crippen molar-refractivity contribution in [3.8, 4) is 5.75 Å². The molecule has 0 radical (unpaired) electrons. The van der Waals surface area contributed by atoms with E-state index in [-0.39, 0.29) is 52.4 Å². The van der Waals surface area contributed by atoms with E-state index in [1.54, 1.807) is 19.9 Å². The standard InChI is InChI=1S/C19H18Cl2FNO4/c1-3-16(24)23-15-5-10(2)4-12(18(15)22)9-27-19-13(20)6-11(7-14(19)21)8-17(25)26/h4-7H,3,8-9H2,1-2H3,(H,23,24)(H,25,26). The smallest absolute Gasteiger partial charge is 0.307 e. The van der Waals surface area contributed by atoms with Gasteiger partial charge in [0.05, 0.1) is 22.2 Å². The number of hydrogen-bond acceptors (Lipinski definition) is 3. The van der Waals surface area contributed by atoms with Gasteiger partial charge in [-0.3, -0.25) is 9.59 Å². The van der Waals surface area contributed by atoms with Crippen LogP contribution in [0.2, 0.25) is 10.0 Å².